The van der Waals surface area contributed by atoms with Crippen LogP contribution in [0.2, 0.25) is 0 Å². The number of rotatable bonds is 13. The summed E-state index contributed by atoms with van der Waals surface area (Å²) in [6.45, 7) is 2.24. The van der Waals surface area contributed by atoms with E-state index in [0.717, 1.165) is 12.8 Å². The maximum Gasteiger partial charge on any atom is 0.303 e. The van der Waals surface area contributed by atoms with Gasteiger partial charge in [-0.1, -0.05) is 57.6 Å². The number of unbranched alkanes of at least 4 members (excludes halogenated alkanes) is 9. The summed E-state index contributed by atoms with van der Waals surface area (Å²) in [6.07, 6.45) is 18.3. The maximum absolute atomic E-state index is 10.3. The van der Waals surface area contributed by atoms with E-state index in [0.29, 0.717) is 6.42 Å². The fraction of sp³-hybridized carbons (Fsp3) is 0.812. The van der Waals surface area contributed by atoms with E-state index in [9.17, 15) is 4.79 Å². The van der Waals surface area contributed by atoms with Crippen molar-refractivity contribution in [3.63, 3.8) is 0 Å². The third-order valence-electron chi connectivity index (χ3n) is 3.15. The molecule has 0 atom stereocenters. The van der Waals surface area contributed by atoms with Gasteiger partial charge in [0.05, 0.1) is 0 Å². The van der Waals surface area contributed by atoms with Gasteiger partial charge in [0, 0.05) is 44.2 Å². The van der Waals surface area contributed by atoms with Crippen LogP contribution in [0, 0.1) is 0 Å². The summed E-state index contributed by atoms with van der Waals surface area (Å²) in [5, 5.41) is 8.48. The molecule has 0 saturated carbocycles. The quantitative estimate of drug-likeness (QED) is 0.296. The van der Waals surface area contributed by atoms with E-state index in [1.54, 1.807) is 0 Å². The van der Waals surface area contributed by atoms with Crippen LogP contribution in [-0.2, 0) is 4.79 Å². The molecular weight excluding hydrogens is 264 g/mol. The molecule has 0 unspecified atom stereocenters. The van der Waals surface area contributed by atoms with Crippen molar-refractivity contribution in [2.24, 2.45) is 0 Å². The molecule has 0 saturated heterocycles. The van der Waals surface area contributed by atoms with Gasteiger partial charge in [-0.3, -0.25) is 4.79 Å². The standard InChI is InChI=1S/C16H30O2.Ca/c1-2-3-4-5-6-7-8-9-10-11-12-13-14-15-16(17)18;/h7-8H,2-6,9-15H2,1H3,(H,17,18);. The smallest absolute Gasteiger partial charge is 0.303 e. The molecule has 0 rings (SSSR count). The van der Waals surface area contributed by atoms with E-state index < -0.39 is 5.97 Å². The molecule has 0 aromatic rings. The largest absolute Gasteiger partial charge is 0.481 e. The van der Waals surface area contributed by atoms with E-state index in [-0.39, 0.29) is 37.7 Å². The SMILES string of the molecule is CCCCCCC=CCCCCCCCC(=O)O.[Ca]. The molecule has 0 aromatic carbocycles. The molecule has 3 heteroatoms. The molecule has 0 heterocycles. The van der Waals surface area contributed by atoms with Crippen LogP contribution in [-0.4, -0.2) is 48.8 Å². The first-order valence-electron chi connectivity index (χ1n) is 7.64. The third kappa shape index (κ3) is 20.9. The fourth-order valence-corrected chi connectivity index (χ4v) is 1.99. The zero-order valence-corrected chi connectivity index (χ0v) is 14.9. The summed E-state index contributed by atoms with van der Waals surface area (Å²) in [6, 6.07) is 0. The Balaban J connectivity index is 0. The summed E-state index contributed by atoms with van der Waals surface area (Å²) in [4.78, 5) is 10.3. The fourth-order valence-electron chi connectivity index (χ4n) is 1.99. The number of carboxylic acids is 1. The zero-order valence-electron chi connectivity index (χ0n) is 12.7. The minimum Gasteiger partial charge on any atom is -0.481 e. The van der Waals surface area contributed by atoms with Gasteiger partial charge < -0.3 is 5.11 Å². The first-order chi connectivity index (χ1) is 8.77. The molecule has 0 fully saturated rings. The van der Waals surface area contributed by atoms with Crippen molar-refractivity contribution in [3.05, 3.63) is 12.2 Å². The summed E-state index contributed by atoms with van der Waals surface area (Å²) < 4.78 is 0. The number of carbonyl (C=O) groups is 1. The molecule has 0 aliphatic heterocycles. The van der Waals surface area contributed by atoms with Gasteiger partial charge in [-0.15, -0.1) is 0 Å². The molecule has 0 aromatic heterocycles. The Morgan fingerprint density at radius 3 is 1.84 bits per heavy atom. The van der Waals surface area contributed by atoms with Crippen molar-refractivity contribution in [2.75, 3.05) is 0 Å². The van der Waals surface area contributed by atoms with Gasteiger partial charge in [-0.2, -0.15) is 0 Å². The number of carboxylic acid groups (broad SMARTS) is 1. The predicted molar refractivity (Wildman–Crippen MR) is 83.6 cm³/mol. The maximum atomic E-state index is 10.3. The molecule has 0 amide bonds. The summed E-state index contributed by atoms with van der Waals surface area (Å²) >= 11 is 0. The van der Waals surface area contributed by atoms with Crippen LogP contribution in [0.3, 0.4) is 0 Å². The third-order valence-corrected chi connectivity index (χ3v) is 3.15. The molecule has 0 aliphatic rings. The molecule has 1 N–H and O–H groups in total. The molecule has 2 nitrogen and oxygen atoms in total. The second kappa shape index (κ2) is 18.5. The number of hydrogen-bond acceptors (Lipinski definition) is 1. The first-order valence-corrected chi connectivity index (χ1v) is 7.64. The molecule has 19 heavy (non-hydrogen) atoms. The van der Waals surface area contributed by atoms with E-state index >= 15 is 0 Å². The van der Waals surface area contributed by atoms with E-state index in [2.05, 4.69) is 19.1 Å². The Morgan fingerprint density at radius 1 is 0.842 bits per heavy atom. The van der Waals surface area contributed by atoms with Crippen molar-refractivity contribution in [3.8, 4) is 0 Å². The zero-order chi connectivity index (χ0) is 13.5. The van der Waals surface area contributed by atoms with Crippen LogP contribution in [0.4, 0.5) is 0 Å². The van der Waals surface area contributed by atoms with Gasteiger partial charge in [0.1, 0.15) is 0 Å². The summed E-state index contributed by atoms with van der Waals surface area (Å²) in [5.41, 5.74) is 0. The minimum absolute atomic E-state index is 0. The predicted octanol–water partition coefficient (Wildman–Crippen LogP) is 4.95. The van der Waals surface area contributed by atoms with Gasteiger partial charge in [0.2, 0.25) is 0 Å². The second-order valence-corrected chi connectivity index (χ2v) is 5.02. The van der Waals surface area contributed by atoms with Gasteiger partial charge in [-0.05, 0) is 32.1 Å². The van der Waals surface area contributed by atoms with E-state index in [4.69, 9.17) is 5.11 Å². The van der Waals surface area contributed by atoms with Crippen LogP contribution in [0.15, 0.2) is 12.2 Å². The van der Waals surface area contributed by atoms with Crippen molar-refractivity contribution in [2.45, 2.75) is 84.0 Å². The Labute approximate surface area is 149 Å². The summed E-state index contributed by atoms with van der Waals surface area (Å²) in [7, 11) is 0. The Kier molecular flexibility index (Phi) is 21.2. The Hall–Kier alpha value is 0.470. The average molecular weight is 294 g/mol. The van der Waals surface area contributed by atoms with Gasteiger partial charge in [0.15, 0.2) is 0 Å². The van der Waals surface area contributed by atoms with Gasteiger partial charge in [0.25, 0.3) is 0 Å². The topological polar surface area (TPSA) is 37.3 Å². The van der Waals surface area contributed by atoms with Gasteiger partial charge in [-0.25, -0.2) is 0 Å². The molecule has 0 bridgehead atoms. The van der Waals surface area contributed by atoms with E-state index in [1.165, 1.54) is 57.8 Å². The van der Waals surface area contributed by atoms with Crippen LogP contribution in [0.5, 0.6) is 0 Å². The number of hydrogen-bond donors (Lipinski definition) is 1. The monoisotopic (exact) mass is 294 g/mol. The summed E-state index contributed by atoms with van der Waals surface area (Å²) in [5.74, 6) is -0.666. The molecular formula is C16H30CaO2. The van der Waals surface area contributed by atoms with Crippen LogP contribution < -0.4 is 0 Å². The van der Waals surface area contributed by atoms with Gasteiger partial charge >= 0.3 is 5.97 Å². The normalized spacial score (nSPS) is 10.6. The van der Waals surface area contributed by atoms with E-state index in [1.807, 2.05) is 0 Å². The van der Waals surface area contributed by atoms with Crippen LogP contribution in [0.1, 0.15) is 84.0 Å². The average Bonchev–Trinajstić information content (AvgIpc) is 2.34. The number of allylic oxidation sites excluding steroid dienone is 2. The Bertz CT molecular complexity index is 215. The van der Waals surface area contributed by atoms with Crippen molar-refractivity contribution < 1.29 is 9.90 Å². The minimum atomic E-state index is -0.666. The first kappa shape index (κ1) is 21.8. The molecule has 0 aliphatic carbocycles. The molecule has 2 radical (unpaired) electrons. The van der Waals surface area contributed by atoms with Crippen molar-refractivity contribution >= 4 is 43.7 Å². The van der Waals surface area contributed by atoms with Crippen molar-refractivity contribution in [1.29, 1.82) is 0 Å². The Morgan fingerprint density at radius 2 is 1.32 bits per heavy atom. The second-order valence-electron chi connectivity index (χ2n) is 5.02. The van der Waals surface area contributed by atoms with Crippen molar-refractivity contribution in [1.82, 2.24) is 0 Å². The van der Waals surface area contributed by atoms with Crippen LogP contribution in [0.25, 0.3) is 0 Å². The van der Waals surface area contributed by atoms with Crippen LogP contribution >= 0.6 is 0 Å². The molecule has 108 valence electrons. The number of aliphatic carboxylic acids is 1. The molecule has 0 spiro atoms.